The van der Waals surface area contributed by atoms with Gasteiger partial charge < -0.3 is 20.1 Å². The van der Waals surface area contributed by atoms with Crippen molar-refractivity contribution in [2.45, 2.75) is 59.7 Å². The smallest absolute Gasteiger partial charge is 0.224 e. The van der Waals surface area contributed by atoms with Crippen molar-refractivity contribution in [1.82, 2.24) is 14.9 Å². The molecule has 2 atom stereocenters. The topological polar surface area (TPSA) is 62.2 Å². The molecule has 172 valence electrons. The summed E-state index contributed by atoms with van der Waals surface area (Å²) in [6.45, 7) is 11.3. The highest BCUT2D eigenvalue weighted by Crippen LogP contribution is 2.43. The first-order valence-corrected chi connectivity index (χ1v) is 11.8. The molecule has 6 nitrogen and oxygen atoms in total. The number of amides is 1. The van der Waals surface area contributed by atoms with E-state index in [9.17, 15) is 4.79 Å². The maximum absolute atomic E-state index is 11.9. The maximum Gasteiger partial charge on any atom is 0.224 e. The monoisotopic (exact) mass is 461 g/mol. The van der Waals surface area contributed by atoms with Crippen LogP contribution in [0, 0.1) is 20.8 Å². The van der Waals surface area contributed by atoms with Gasteiger partial charge in [0, 0.05) is 41.9 Å². The Kier molecular flexibility index (Phi) is 6.51. The Morgan fingerprint density at radius 2 is 1.94 bits per heavy atom. The quantitative estimate of drug-likeness (QED) is 0.484. The molecule has 1 aliphatic rings. The minimum Gasteiger partial charge on any atom is -0.351 e. The predicted molar refractivity (Wildman–Crippen MR) is 138 cm³/mol. The number of carbonyl (C=O) groups is 1. The fraction of sp³-hybridized carbons (Fsp3) is 0.346. The summed E-state index contributed by atoms with van der Waals surface area (Å²) in [5, 5.41) is 7.18. The third-order valence-corrected chi connectivity index (χ3v) is 6.74. The molecule has 0 saturated carbocycles. The average molecular weight is 462 g/mol. The van der Waals surface area contributed by atoms with Gasteiger partial charge in [-0.2, -0.15) is 0 Å². The molecule has 3 aromatic rings. The Morgan fingerprint density at radius 3 is 2.55 bits per heavy atom. The molecule has 4 rings (SSSR count). The number of thiocarbonyl (C=S) groups is 1. The van der Waals surface area contributed by atoms with Crippen molar-refractivity contribution in [2.24, 2.45) is 0 Å². The standard InChI is InChI=1S/C26H31N5OS/c1-6-23(32)28-21-12-11-19(14-16(21)3)31-25(20-15-17(4)30(7-2)18(20)5)24(29-26(31)33)22-10-8-9-13-27-22/h8-15,24-25H,6-7H2,1-5H3,(H,28,32)(H,29,33)/t24-,25-/m1/s1. The largest absolute Gasteiger partial charge is 0.351 e. The molecule has 1 saturated heterocycles. The van der Waals surface area contributed by atoms with Crippen molar-refractivity contribution in [3.05, 3.63) is 76.9 Å². The van der Waals surface area contributed by atoms with E-state index in [1.165, 1.54) is 17.0 Å². The second kappa shape index (κ2) is 9.35. The molecule has 7 heteroatoms. The number of carbonyl (C=O) groups excluding carboxylic acids is 1. The van der Waals surface area contributed by atoms with Gasteiger partial charge in [-0.1, -0.05) is 13.0 Å². The predicted octanol–water partition coefficient (Wildman–Crippen LogP) is 5.35. The van der Waals surface area contributed by atoms with Gasteiger partial charge in [-0.3, -0.25) is 9.78 Å². The van der Waals surface area contributed by atoms with Crippen LogP contribution in [-0.4, -0.2) is 20.6 Å². The Bertz CT molecular complexity index is 1190. The summed E-state index contributed by atoms with van der Waals surface area (Å²) in [6, 6.07) is 14.2. The lowest BCUT2D eigenvalue weighted by atomic mass is 9.96. The third-order valence-electron chi connectivity index (χ3n) is 6.43. The fourth-order valence-electron chi connectivity index (χ4n) is 4.74. The number of benzene rings is 1. The van der Waals surface area contributed by atoms with Gasteiger partial charge in [0.2, 0.25) is 5.91 Å². The second-order valence-electron chi connectivity index (χ2n) is 8.47. The van der Waals surface area contributed by atoms with E-state index in [1.807, 2.05) is 50.4 Å². The Morgan fingerprint density at radius 1 is 1.15 bits per heavy atom. The van der Waals surface area contributed by atoms with Crippen LogP contribution in [0.25, 0.3) is 0 Å². The number of hydrogen-bond acceptors (Lipinski definition) is 3. The van der Waals surface area contributed by atoms with Crippen LogP contribution in [-0.2, 0) is 11.3 Å². The number of pyridine rings is 1. The lowest BCUT2D eigenvalue weighted by Gasteiger charge is -2.29. The summed E-state index contributed by atoms with van der Waals surface area (Å²) >= 11 is 5.86. The van der Waals surface area contributed by atoms with Gasteiger partial charge in [-0.15, -0.1) is 0 Å². The van der Waals surface area contributed by atoms with Crippen LogP contribution in [0.5, 0.6) is 0 Å². The molecule has 2 N–H and O–H groups in total. The van der Waals surface area contributed by atoms with Crippen molar-refractivity contribution in [2.75, 3.05) is 10.2 Å². The average Bonchev–Trinajstić information content (AvgIpc) is 3.30. The molecule has 1 aliphatic heterocycles. The van der Waals surface area contributed by atoms with Gasteiger partial charge in [0.15, 0.2) is 5.11 Å². The number of aromatic nitrogens is 2. The molecule has 1 aromatic carbocycles. The zero-order chi connectivity index (χ0) is 23.7. The third kappa shape index (κ3) is 4.25. The molecule has 0 unspecified atom stereocenters. The molecule has 3 heterocycles. The molecule has 33 heavy (non-hydrogen) atoms. The highest BCUT2D eigenvalue weighted by Gasteiger charge is 2.42. The van der Waals surface area contributed by atoms with E-state index in [4.69, 9.17) is 12.2 Å². The van der Waals surface area contributed by atoms with Crippen molar-refractivity contribution in [3.8, 4) is 0 Å². The first-order valence-electron chi connectivity index (χ1n) is 11.4. The van der Waals surface area contributed by atoms with Crippen molar-refractivity contribution < 1.29 is 4.79 Å². The van der Waals surface area contributed by atoms with Crippen LogP contribution in [0.15, 0.2) is 48.7 Å². The zero-order valence-corrected chi connectivity index (χ0v) is 20.7. The van der Waals surface area contributed by atoms with Crippen molar-refractivity contribution in [1.29, 1.82) is 0 Å². The summed E-state index contributed by atoms with van der Waals surface area (Å²) in [6.07, 6.45) is 2.27. The van der Waals surface area contributed by atoms with E-state index in [-0.39, 0.29) is 18.0 Å². The Labute approximate surface area is 201 Å². The number of nitrogens with one attached hydrogen (secondary N) is 2. The second-order valence-corrected chi connectivity index (χ2v) is 8.85. The molecular weight excluding hydrogens is 430 g/mol. The molecule has 1 fully saturated rings. The number of rotatable bonds is 6. The summed E-state index contributed by atoms with van der Waals surface area (Å²) in [7, 11) is 0. The zero-order valence-electron chi connectivity index (χ0n) is 19.8. The van der Waals surface area contributed by atoms with Crippen molar-refractivity contribution in [3.63, 3.8) is 0 Å². The van der Waals surface area contributed by atoms with E-state index >= 15 is 0 Å². The van der Waals surface area contributed by atoms with Crippen LogP contribution in [0.1, 0.15) is 60.6 Å². The summed E-state index contributed by atoms with van der Waals surface area (Å²) in [5.41, 5.74) is 7.47. The molecule has 0 bridgehead atoms. The lowest BCUT2D eigenvalue weighted by molar-refractivity contribution is -0.115. The van der Waals surface area contributed by atoms with E-state index in [2.05, 4.69) is 58.0 Å². The molecule has 1 amide bonds. The highest BCUT2D eigenvalue weighted by atomic mass is 32.1. The van der Waals surface area contributed by atoms with Crippen LogP contribution in [0.2, 0.25) is 0 Å². The molecular formula is C26H31N5OS. The van der Waals surface area contributed by atoms with E-state index < -0.39 is 0 Å². The van der Waals surface area contributed by atoms with Gasteiger partial charge in [-0.25, -0.2) is 0 Å². The van der Waals surface area contributed by atoms with Gasteiger partial charge in [0.05, 0.1) is 17.8 Å². The van der Waals surface area contributed by atoms with Crippen molar-refractivity contribution >= 4 is 34.6 Å². The van der Waals surface area contributed by atoms with E-state index in [1.54, 1.807) is 0 Å². The van der Waals surface area contributed by atoms with Crippen LogP contribution in [0.3, 0.4) is 0 Å². The Hall–Kier alpha value is -3.19. The lowest BCUT2D eigenvalue weighted by Crippen LogP contribution is -2.29. The summed E-state index contributed by atoms with van der Waals surface area (Å²) < 4.78 is 2.33. The first-order chi connectivity index (χ1) is 15.8. The minimum atomic E-state index is -0.0794. The number of hydrogen-bond donors (Lipinski definition) is 2. The van der Waals surface area contributed by atoms with Gasteiger partial charge in [0.1, 0.15) is 0 Å². The van der Waals surface area contributed by atoms with E-state index in [0.717, 1.165) is 29.2 Å². The van der Waals surface area contributed by atoms with E-state index in [0.29, 0.717) is 11.5 Å². The molecule has 2 aromatic heterocycles. The number of nitrogens with zero attached hydrogens (tertiary/aromatic N) is 3. The van der Waals surface area contributed by atoms with Crippen LogP contribution >= 0.6 is 12.2 Å². The fourth-order valence-corrected chi connectivity index (χ4v) is 5.09. The highest BCUT2D eigenvalue weighted by molar-refractivity contribution is 7.80. The first kappa shape index (κ1) is 23.0. The summed E-state index contributed by atoms with van der Waals surface area (Å²) in [5.74, 6) is 0.00399. The van der Waals surface area contributed by atoms with Crippen LogP contribution in [0.4, 0.5) is 11.4 Å². The summed E-state index contributed by atoms with van der Waals surface area (Å²) in [4.78, 5) is 18.7. The number of anilines is 2. The van der Waals surface area contributed by atoms with Gasteiger partial charge in [-0.05, 0) is 87.4 Å². The SMILES string of the molecule is CCC(=O)Nc1ccc(N2C(=S)N[C@H](c3ccccn3)[C@H]2c2cc(C)n(CC)c2C)cc1C. The molecule has 0 spiro atoms. The number of aryl methyl sites for hydroxylation is 2. The normalized spacial score (nSPS) is 17.8. The Balaban J connectivity index is 1.82. The maximum atomic E-state index is 11.9. The van der Waals surface area contributed by atoms with Gasteiger partial charge >= 0.3 is 0 Å². The van der Waals surface area contributed by atoms with Gasteiger partial charge in [0.25, 0.3) is 0 Å². The molecule has 0 aliphatic carbocycles. The minimum absolute atomic E-state index is 0.00399. The van der Waals surface area contributed by atoms with Crippen LogP contribution < -0.4 is 15.5 Å². The molecule has 0 radical (unpaired) electrons.